The molecule has 1 unspecified atom stereocenters. The van der Waals surface area contributed by atoms with Crippen LogP contribution in [0.1, 0.15) is 23.6 Å². The first-order valence-electron chi connectivity index (χ1n) is 21.4. The molecule has 0 saturated heterocycles. The second-order valence-corrected chi connectivity index (χ2v) is 17.3. The molecule has 1 aliphatic carbocycles. The Hall–Kier alpha value is -7.52. The molecule has 0 N–H and O–H groups in total. The van der Waals surface area contributed by atoms with Crippen molar-refractivity contribution in [3.63, 3.8) is 0 Å². The molecule has 2 bridgehead atoms. The van der Waals surface area contributed by atoms with Crippen LogP contribution in [0.2, 0.25) is 0 Å². The third-order valence-electron chi connectivity index (χ3n) is 12.1. The van der Waals surface area contributed by atoms with Crippen LogP contribution in [-0.4, -0.2) is 21.1 Å². The van der Waals surface area contributed by atoms with Crippen molar-refractivity contribution in [2.45, 2.75) is 13.8 Å². The smallest absolute Gasteiger partial charge is 0.164 e. The lowest BCUT2D eigenvalue weighted by Crippen LogP contribution is -2.10. The Bertz CT molecular complexity index is 3210. The minimum atomic E-state index is 0.536. The predicted molar refractivity (Wildman–Crippen MR) is 264 cm³/mol. The van der Waals surface area contributed by atoms with Gasteiger partial charge < -0.3 is 4.74 Å². The summed E-state index contributed by atoms with van der Waals surface area (Å²) in [6.07, 6.45) is 5.62. The maximum absolute atomic E-state index is 6.81. The molecule has 0 amide bonds. The van der Waals surface area contributed by atoms with Crippen molar-refractivity contribution in [3.05, 3.63) is 217 Å². The van der Waals surface area contributed by atoms with Gasteiger partial charge in [-0.2, -0.15) is 0 Å². The third-order valence-corrected chi connectivity index (χ3v) is 13.4. The molecular formula is C58H42N3OP. The molecule has 4 nitrogen and oxygen atoms in total. The molecule has 300 valence electrons. The van der Waals surface area contributed by atoms with E-state index >= 15 is 0 Å². The molecule has 9 aromatic rings. The fraction of sp³-hybridized carbons (Fsp3) is 0.0517. The highest BCUT2D eigenvalue weighted by Gasteiger charge is 2.27. The molecule has 0 saturated carbocycles. The molecule has 0 spiro atoms. The summed E-state index contributed by atoms with van der Waals surface area (Å²) in [5.74, 6) is 3.70. The highest BCUT2D eigenvalue weighted by Crippen LogP contribution is 2.49. The third kappa shape index (κ3) is 7.29. The first-order valence-corrected chi connectivity index (χ1v) is 22.6. The van der Waals surface area contributed by atoms with Crippen LogP contribution in [0.25, 0.3) is 89.8 Å². The van der Waals surface area contributed by atoms with Crippen LogP contribution in [0.3, 0.4) is 0 Å². The second kappa shape index (κ2) is 16.4. The lowest BCUT2D eigenvalue weighted by atomic mass is 9.80. The van der Waals surface area contributed by atoms with E-state index in [9.17, 15) is 0 Å². The van der Waals surface area contributed by atoms with Gasteiger partial charge in [0.1, 0.15) is 11.5 Å². The van der Waals surface area contributed by atoms with Gasteiger partial charge in [-0.3, -0.25) is 0 Å². The van der Waals surface area contributed by atoms with Crippen molar-refractivity contribution in [1.29, 1.82) is 0 Å². The molecular weight excluding hydrogens is 786 g/mol. The van der Waals surface area contributed by atoms with Gasteiger partial charge in [-0.25, -0.2) is 15.0 Å². The lowest BCUT2D eigenvalue weighted by Gasteiger charge is -2.26. The van der Waals surface area contributed by atoms with Gasteiger partial charge in [0, 0.05) is 27.6 Å². The second-order valence-electron chi connectivity index (χ2n) is 16.1. The van der Waals surface area contributed by atoms with Crippen molar-refractivity contribution in [2.24, 2.45) is 0 Å². The summed E-state index contributed by atoms with van der Waals surface area (Å²) in [6, 6.07) is 66.3. The molecule has 5 heteroatoms. The lowest BCUT2D eigenvalue weighted by molar-refractivity contribution is 0.483. The Morgan fingerprint density at radius 3 is 1.65 bits per heavy atom. The maximum Gasteiger partial charge on any atom is 0.164 e. The van der Waals surface area contributed by atoms with Crippen LogP contribution < -0.4 is 10.0 Å². The van der Waals surface area contributed by atoms with Gasteiger partial charge in [0.2, 0.25) is 0 Å². The maximum atomic E-state index is 6.81. The Morgan fingerprint density at radius 2 is 0.968 bits per heavy atom. The average Bonchev–Trinajstić information content (AvgIpc) is 3.42. The number of ether oxygens (including phenoxy) is 1. The summed E-state index contributed by atoms with van der Waals surface area (Å²) in [6.45, 7) is 4.39. The number of aryl methyl sites for hydroxylation is 1. The van der Waals surface area contributed by atoms with Crippen LogP contribution in [0.4, 0.5) is 0 Å². The Balaban J connectivity index is 1.12. The topological polar surface area (TPSA) is 47.9 Å². The number of hydrogen-bond donors (Lipinski definition) is 0. The standard InChI is InChI=1S/C58H42N3OP/c1-37-17-12-15-27-52(37)62-53-31-30-50-48-29-28-42(36-51(48)38(2)46-26-16-32-63-55(53)54(50)49-25-14-13-24-47(46)49)44-33-43(39-18-6-3-7-19-39)34-45(35-44)58-60-56(40-20-8-4-9-21-40)59-57(61-58)41-22-10-5-11-23-41/h3-31,33-36,63H,32H2,1-2H3/b26-16-,46-38-,47-46?,50-48?,51-38?,54-49?. The zero-order valence-corrected chi connectivity index (χ0v) is 36.0. The molecule has 1 aliphatic heterocycles. The first-order chi connectivity index (χ1) is 31.1. The summed E-state index contributed by atoms with van der Waals surface area (Å²) in [5, 5.41) is 1.26. The molecule has 8 aromatic carbocycles. The number of hydrogen-bond acceptors (Lipinski definition) is 4. The SMILES string of the molecule is C/C1=C2\C=C/CPc3c(Oc4ccccc4C)ccc(c3-c3ccccc32)-c2ccc(-c3cc(-c4ccccc4)cc(-c4nc(-c5ccccc5)nc(-c5ccccc5)n4)c3)cc21. The molecule has 1 atom stereocenters. The highest BCUT2D eigenvalue weighted by atomic mass is 31.1. The van der Waals surface area contributed by atoms with Crippen LogP contribution in [-0.2, 0) is 0 Å². The van der Waals surface area contributed by atoms with Gasteiger partial charge in [-0.1, -0.05) is 166 Å². The fourth-order valence-electron chi connectivity index (χ4n) is 8.90. The predicted octanol–water partition coefficient (Wildman–Crippen LogP) is 14.8. The van der Waals surface area contributed by atoms with E-state index in [0.29, 0.717) is 26.1 Å². The van der Waals surface area contributed by atoms with Crippen molar-refractivity contribution in [1.82, 2.24) is 15.0 Å². The molecule has 2 heterocycles. The molecule has 63 heavy (non-hydrogen) atoms. The summed E-state index contributed by atoms with van der Waals surface area (Å²) < 4.78 is 6.81. The van der Waals surface area contributed by atoms with Gasteiger partial charge in [-0.05, 0) is 129 Å². The molecule has 11 rings (SSSR count). The van der Waals surface area contributed by atoms with Crippen LogP contribution in [0.15, 0.2) is 200 Å². The van der Waals surface area contributed by atoms with Crippen molar-refractivity contribution in [3.8, 4) is 90.2 Å². The van der Waals surface area contributed by atoms with Crippen LogP contribution in [0, 0.1) is 6.92 Å². The van der Waals surface area contributed by atoms with E-state index in [1.165, 1.54) is 49.8 Å². The van der Waals surface area contributed by atoms with E-state index in [1.807, 2.05) is 42.5 Å². The number of aromatic nitrogens is 3. The van der Waals surface area contributed by atoms with Gasteiger partial charge in [-0.15, -0.1) is 0 Å². The minimum absolute atomic E-state index is 0.536. The molecule has 1 aromatic heterocycles. The highest BCUT2D eigenvalue weighted by molar-refractivity contribution is 7.48. The Kier molecular flexibility index (Phi) is 10.00. The number of allylic oxidation sites excluding steroid dienone is 4. The Morgan fingerprint density at radius 1 is 0.413 bits per heavy atom. The van der Waals surface area contributed by atoms with Gasteiger partial charge in [0.15, 0.2) is 17.5 Å². The fourth-order valence-corrected chi connectivity index (χ4v) is 10.1. The molecule has 0 fully saturated rings. The molecule has 0 radical (unpaired) electrons. The van der Waals surface area contributed by atoms with Gasteiger partial charge in [0.25, 0.3) is 0 Å². The Labute approximate surface area is 370 Å². The van der Waals surface area contributed by atoms with Gasteiger partial charge in [0.05, 0.1) is 0 Å². The minimum Gasteiger partial charge on any atom is -0.456 e. The number of para-hydroxylation sites is 1. The van der Waals surface area contributed by atoms with Crippen molar-refractivity contribution < 1.29 is 4.74 Å². The quantitative estimate of drug-likeness (QED) is 0.150. The van der Waals surface area contributed by atoms with E-state index in [2.05, 4.69) is 172 Å². The largest absolute Gasteiger partial charge is 0.456 e. The van der Waals surface area contributed by atoms with E-state index in [4.69, 9.17) is 19.7 Å². The summed E-state index contributed by atoms with van der Waals surface area (Å²) in [4.78, 5) is 15.3. The van der Waals surface area contributed by atoms with Crippen molar-refractivity contribution in [2.75, 3.05) is 6.16 Å². The first kappa shape index (κ1) is 38.4. The zero-order valence-electron chi connectivity index (χ0n) is 35.0. The van der Waals surface area contributed by atoms with E-state index in [-0.39, 0.29) is 0 Å². The van der Waals surface area contributed by atoms with Gasteiger partial charge >= 0.3 is 0 Å². The van der Waals surface area contributed by atoms with Crippen LogP contribution >= 0.6 is 8.58 Å². The number of fused-ring (bicyclic) bond motifs is 2. The molecule has 2 aliphatic rings. The van der Waals surface area contributed by atoms with Crippen LogP contribution in [0.5, 0.6) is 11.5 Å². The monoisotopic (exact) mass is 827 g/mol. The number of benzene rings is 8. The summed E-state index contributed by atoms with van der Waals surface area (Å²) in [5.41, 5.74) is 18.2. The normalized spacial score (nSPS) is 14.7. The number of rotatable bonds is 7. The zero-order chi connectivity index (χ0) is 42.3. The summed E-state index contributed by atoms with van der Waals surface area (Å²) >= 11 is 0. The summed E-state index contributed by atoms with van der Waals surface area (Å²) in [7, 11) is 0.536. The average molecular weight is 828 g/mol. The van der Waals surface area contributed by atoms with E-state index in [0.717, 1.165) is 62.2 Å². The number of nitrogens with zero attached hydrogens (tertiary/aromatic N) is 3. The van der Waals surface area contributed by atoms with E-state index < -0.39 is 0 Å². The van der Waals surface area contributed by atoms with Crippen molar-refractivity contribution >= 4 is 25.0 Å². The van der Waals surface area contributed by atoms with E-state index in [1.54, 1.807) is 0 Å².